The fourth-order valence-corrected chi connectivity index (χ4v) is 6.24. The fourth-order valence-electron chi connectivity index (χ4n) is 6.24. The van der Waals surface area contributed by atoms with Crippen LogP contribution in [0.25, 0.3) is 88.8 Å². The number of para-hydroxylation sites is 1. The van der Waals surface area contributed by atoms with Crippen molar-refractivity contribution in [2.24, 2.45) is 0 Å². The molecule has 0 saturated heterocycles. The molecule has 0 aliphatic carbocycles. The van der Waals surface area contributed by atoms with Gasteiger partial charge < -0.3 is 4.42 Å². The number of hydrogen-bond acceptors (Lipinski definition) is 4. The molecule has 0 radical (unpaired) electrons. The van der Waals surface area contributed by atoms with Crippen molar-refractivity contribution >= 4 is 43.5 Å². The summed E-state index contributed by atoms with van der Waals surface area (Å²) in [5.74, 6) is 1.93. The summed E-state index contributed by atoms with van der Waals surface area (Å²) in [6.45, 7) is 0. The van der Waals surface area contributed by atoms with Crippen molar-refractivity contribution in [3.8, 4) is 45.3 Å². The summed E-state index contributed by atoms with van der Waals surface area (Å²) in [6.07, 6.45) is 0. The van der Waals surface area contributed by atoms with E-state index in [4.69, 9.17) is 19.4 Å². The first kappa shape index (κ1) is 25.4. The molecule has 9 rings (SSSR count). The van der Waals surface area contributed by atoms with E-state index in [9.17, 15) is 0 Å². The largest absolute Gasteiger partial charge is 0.456 e. The molecule has 0 atom stereocenters. The number of aromatic nitrogens is 3. The molecule has 210 valence electrons. The Balaban J connectivity index is 1.28. The number of furan rings is 1. The third kappa shape index (κ3) is 4.43. The minimum Gasteiger partial charge on any atom is -0.456 e. The lowest BCUT2D eigenvalue weighted by Gasteiger charge is -2.13. The van der Waals surface area contributed by atoms with Crippen molar-refractivity contribution in [1.82, 2.24) is 15.0 Å². The molecule has 0 amide bonds. The van der Waals surface area contributed by atoms with Crippen molar-refractivity contribution in [1.29, 1.82) is 0 Å². The van der Waals surface area contributed by atoms with Gasteiger partial charge in [0.25, 0.3) is 0 Å². The Kier molecular flexibility index (Phi) is 5.78. The highest BCUT2D eigenvalue weighted by atomic mass is 16.3. The summed E-state index contributed by atoms with van der Waals surface area (Å²) in [5.41, 5.74) is 6.82. The minimum absolute atomic E-state index is 0.639. The second-order valence-electron chi connectivity index (χ2n) is 11.3. The van der Waals surface area contributed by atoms with Crippen molar-refractivity contribution in [2.45, 2.75) is 0 Å². The molecule has 0 N–H and O–H groups in total. The monoisotopic (exact) mass is 575 g/mol. The van der Waals surface area contributed by atoms with E-state index in [1.807, 2.05) is 42.5 Å². The molecule has 0 aliphatic heterocycles. The van der Waals surface area contributed by atoms with Crippen LogP contribution in [0.2, 0.25) is 0 Å². The molecular formula is C41H25N3O. The van der Waals surface area contributed by atoms with Gasteiger partial charge in [0.2, 0.25) is 0 Å². The van der Waals surface area contributed by atoms with Gasteiger partial charge in [0.15, 0.2) is 17.5 Å². The quantitative estimate of drug-likeness (QED) is 0.209. The van der Waals surface area contributed by atoms with Crippen molar-refractivity contribution in [3.63, 3.8) is 0 Å². The third-order valence-electron chi connectivity index (χ3n) is 8.49. The first-order chi connectivity index (χ1) is 22.3. The summed E-state index contributed by atoms with van der Waals surface area (Å²) in [5, 5.41) is 6.75. The van der Waals surface area contributed by atoms with Crippen LogP contribution in [0.5, 0.6) is 0 Å². The average molecular weight is 576 g/mol. The van der Waals surface area contributed by atoms with Gasteiger partial charge in [0.05, 0.1) is 0 Å². The normalized spacial score (nSPS) is 11.6. The highest BCUT2D eigenvalue weighted by molar-refractivity contribution is 6.07. The second kappa shape index (κ2) is 10.2. The Hall–Kier alpha value is -6.13. The van der Waals surface area contributed by atoms with E-state index in [2.05, 4.69) is 109 Å². The molecule has 0 aliphatic rings. The molecule has 0 fully saturated rings. The zero-order chi connectivity index (χ0) is 29.7. The van der Waals surface area contributed by atoms with Gasteiger partial charge in [0.1, 0.15) is 11.2 Å². The number of hydrogen-bond donors (Lipinski definition) is 0. The van der Waals surface area contributed by atoms with Crippen molar-refractivity contribution in [2.75, 3.05) is 0 Å². The SMILES string of the molecule is c1ccc(-c2nc(-c3ccc4ccccc4c3)nc(-c3cc(-c4ccc5oc6ccccc6c5c4)cc4ccccc34)n2)cc1. The van der Waals surface area contributed by atoms with E-state index >= 15 is 0 Å². The second-order valence-corrected chi connectivity index (χ2v) is 11.3. The van der Waals surface area contributed by atoms with E-state index in [1.54, 1.807) is 0 Å². The van der Waals surface area contributed by atoms with Crippen LogP contribution in [0, 0.1) is 0 Å². The van der Waals surface area contributed by atoms with Gasteiger partial charge in [-0.25, -0.2) is 15.0 Å². The minimum atomic E-state index is 0.639. The molecule has 0 spiro atoms. The van der Waals surface area contributed by atoms with Crippen LogP contribution in [-0.4, -0.2) is 15.0 Å². The van der Waals surface area contributed by atoms with Gasteiger partial charge in [0, 0.05) is 27.5 Å². The maximum Gasteiger partial charge on any atom is 0.164 e. The van der Waals surface area contributed by atoms with Crippen LogP contribution in [0.4, 0.5) is 0 Å². The lowest BCUT2D eigenvalue weighted by Crippen LogP contribution is -2.01. The van der Waals surface area contributed by atoms with Gasteiger partial charge in [-0.15, -0.1) is 0 Å². The third-order valence-corrected chi connectivity index (χ3v) is 8.49. The van der Waals surface area contributed by atoms with Gasteiger partial charge in [-0.3, -0.25) is 0 Å². The molecule has 45 heavy (non-hydrogen) atoms. The molecule has 7 aromatic carbocycles. The molecule has 2 aromatic heterocycles. The number of rotatable bonds is 4. The Morgan fingerprint density at radius 1 is 0.333 bits per heavy atom. The first-order valence-electron chi connectivity index (χ1n) is 15.0. The van der Waals surface area contributed by atoms with E-state index in [1.165, 1.54) is 5.39 Å². The van der Waals surface area contributed by atoms with Gasteiger partial charge in [-0.2, -0.15) is 0 Å². The van der Waals surface area contributed by atoms with Crippen LogP contribution in [0.1, 0.15) is 0 Å². The summed E-state index contributed by atoms with van der Waals surface area (Å²) in [6, 6.07) is 52.3. The molecule has 4 heteroatoms. The number of benzene rings is 7. The Morgan fingerprint density at radius 2 is 0.956 bits per heavy atom. The Labute approximate surface area is 259 Å². The summed E-state index contributed by atoms with van der Waals surface area (Å²) in [4.78, 5) is 15.2. The van der Waals surface area contributed by atoms with Crippen LogP contribution >= 0.6 is 0 Å². The standard InChI is InChI=1S/C41H25N3O/c1-2-11-27(12-3-1)39-42-40(31-19-18-26-10-4-5-13-28(26)22-31)44-41(43-39)36-25-32(23-30-14-6-7-15-33(30)36)29-20-21-38-35(24-29)34-16-8-9-17-37(34)45-38/h1-25H. The molecule has 4 nitrogen and oxygen atoms in total. The maximum atomic E-state index is 6.12. The smallest absolute Gasteiger partial charge is 0.164 e. The van der Waals surface area contributed by atoms with Gasteiger partial charge in [-0.05, 0) is 69.1 Å². The van der Waals surface area contributed by atoms with E-state index < -0.39 is 0 Å². The molecule has 2 heterocycles. The highest BCUT2D eigenvalue weighted by Gasteiger charge is 2.17. The van der Waals surface area contributed by atoms with Crippen LogP contribution < -0.4 is 0 Å². The van der Waals surface area contributed by atoms with E-state index in [0.717, 1.165) is 65.9 Å². The molecular weight excluding hydrogens is 550 g/mol. The summed E-state index contributed by atoms with van der Waals surface area (Å²) in [7, 11) is 0. The molecule has 0 saturated carbocycles. The summed E-state index contributed by atoms with van der Waals surface area (Å²) < 4.78 is 6.12. The Morgan fingerprint density at radius 3 is 1.82 bits per heavy atom. The average Bonchev–Trinajstić information content (AvgIpc) is 3.49. The predicted octanol–water partition coefficient (Wildman–Crippen LogP) is 10.7. The first-order valence-corrected chi connectivity index (χ1v) is 15.0. The van der Waals surface area contributed by atoms with Crippen molar-refractivity contribution in [3.05, 3.63) is 152 Å². The predicted molar refractivity (Wildman–Crippen MR) is 184 cm³/mol. The lowest BCUT2D eigenvalue weighted by molar-refractivity contribution is 0.669. The Bertz CT molecular complexity index is 2550. The summed E-state index contributed by atoms with van der Waals surface area (Å²) >= 11 is 0. The molecule has 9 aromatic rings. The van der Waals surface area contributed by atoms with Crippen molar-refractivity contribution < 1.29 is 4.42 Å². The fraction of sp³-hybridized carbons (Fsp3) is 0. The number of fused-ring (bicyclic) bond motifs is 5. The molecule has 0 unspecified atom stereocenters. The highest BCUT2D eigenvalue weighted by Crippen LogP contribution is 2.37. The van der Waals surface area contributed by atoms with Crippen LogP contribution in [0.3, 0.4) is 0 Å². The van der Waals surface area contributed by atoms with Crippen LogP contribution in [0.15, 0.2) is 156 Å². The van der Waals surface area contributed by atoms with E-state index in [0.29, 0.717) is 17.5 Å². The maximum absolute atomic E-state index is 6.12. The number of nitrogens with zero attached hydrogens (tertiary/aromatic N) is 3. The van der Waals surface area contributed by atoms with Gasteiger partial charge in [-0.1, -0.05) is 115 Å². The zero-order valence-electron chi connectivity index (χ0n) is 24.2. The zero-order valence-corrected chi connectivity index (χ0v) is 24.2. The topological polar surface area (TPSA) is 51.8 Å². The lowest BCUT2D eigenvalue weighted by atomic mass is 9.95. The molecule has 0 bridgehead atoms. The van der Waals surface area contributed by atoms with Gasteiger partial charge >= 0.3 is 0 Å². The van der Waals surface area contributed by atoms with Crippen LogP contribution in [-0.2, 0) is 0 Å². The van der Waals surface area contributed by atoms with E-state index in [-0.39, 0.29) is 0 Å².